The number of aromatic nitrogens is 2. The Bertz CT molecular complexity index is 1310. The maximum atomic E-state index is 13.1. The number of anilines is 1. The Morgan fingerprint density at radius 1 is 1.00 bits per heavy atom. The molecule has 31 heavy (non-hydrogen) atoms. The zero-order valence-electron chi connectivity index (χ0n) is 17.3. The average Bonchev–Trinajstić information content (AvgIpc) is 3.15. The Labute approximate surface area is 182 Å². The molecule has 0 amide bonds. The van der Waals surface area contributed by atoms with Crippen molar-refractivity contribution in [3.05, 3.63) is 71.5 Å². The second-order valence-electron chi connectivity index (χ2n) is 7.40. The molecule has 0 spiro atoms. The summed E-state index contributed by atoms with van der Waals surface area (Å²) in [6, 6.07) is 13.6. The van der Waals surface area contributed by atoms with Gasteiger partial charge in [0, 0.05) is 25.3 Å². The smallest absolute Gasteiger partial charge is 0.265 e. The van der Waals surface area contributed by atoms with Crippen LogP contribution in [0.2, 0.25) is 0 Å². The molecule has 1 N–H and O–H groups in total. The highest BCUT2D eigenvalue weighted by Crippen LogP contribution is 2.26. The van der Waals surface area contributed by atoms with E-state index in [0.717, 1.165) is 5.56 Å². The first-order valence-corrected chi connectivity index (χ1v) is 12.9. The fourth-order valence-electron chi connectivity index (χ4n) is 3.74. The second-order valence-corrected chi connectivity index (χ2v) is 11.0. The number of sulfonamides is 2. The van der Waals surface area contributed by atoms with Gasteiger partial charge in [0.25, 0.3) is 10.0 Å². The zero-order chi connectivity index (χ0) is 22.2. The van der Waals surface area contributed by atoms with Gasteiger partial charge in [0.15, 0.2) is 0 Å². The third kappa shape index (κ3) is 4.10. The monoisotopic (exact) mass is 460 g/mol. The number of benzene rings is 2. The fraction of sp³-hybridized carbons (Fsp3) is 0.286. The molecule has 0 aliphatic carbocycles. The van der Waals surface area contributed by atoms with Gasteiger partial charge in [0.2, 0.25) is 10.0 Å². The van der Waals surface area contributed by atoms with E-state index < -0.39 is 20.0 Å². The van der Waals surface area contributed by atoms with Crippen LogP contribution in [-0.4, -0.2) is 37.5 Å². The van der Waals surface area contributed by atoms with Gasteiger partial charge in [0.05, 0.1) is 16.8 Å². The van der Waals surface area contributed by atoms with Crippen LogP contribution < -0.4 is 4.72 Å². The van der Waals surface area contributed by atoms with Gasteiger partial charge in [-0.05, 0) is 55.7 Å². The predicted molar refractivity (Wildman–Crippen MR) is 118 cm³/mol. The van der Waals surface area contributed by atoms with Crippen LogP contribution in [0.5, 0.6) is 0 Å². The maximum Gasteiger partial charge on any atom is 0.265 e. The fourth-order valence-corrected chi connectivity index (χ4v) is 6.40. The second kappa shape index (κ2) is 8.10. The highest BCUT2D eigenvalue weighted by molar-refractivity contribution is 7.92. The Kier molecular flexibility index (Phi) is 5.63. The Hall–Kier alpha value is -2.69. The number of hydrogen-bond donors (Lipinski definition) is 1. The van der Waals surface area contributed by atoms with Crippen molar-refractivity contribution < 1.29 is 16.8 Å². The number of hydrogen-bond acceptors (Lipinski definition) is 5. The zero-order valence-corrected chi connectivity index (χ0v) is 18.9. The number of rotatable bonds is 6. The van der Waals surface area contributed by atoms with E-state index in [-0.39, 0.29) is 15.5 Å². The van der Waals surface area contributed by atoms with Crippen molar-refractivity contribution in [1.82, 2.24) is 14.1 Å². The minimum Gasteiger partial charge on any atom is -0.280 e. The van der Waals surface area contributed by atoms with Crippen LogP contribution >= 0.6 is 0 Å². The summed E-state index contributed by atoms with van der Waals surface area (Å²) < 4.78 is 57.1. The molecule has 0 bridgehead atoms. The number of fused-ring (bicyclic) bond motifs is 1. The highest BCUT2D eigenvalue weighted by atomic mass is 32.2. The third-order valence-corrected chi connectivity index (χ3v) is 8.83. The highest BCUT2D eigenvalue weighted by Gasteiger charge is 2.28. The van der Waals surface area contributed by atoms with Gasteiger partial charge in [-0.3, -0.25) is 9.40 Å². The first kappa shape index (κ1) is 21.5. The van der Waals surface area contributed by atoms with E-state index in [1.165, 1.54) is 40.3 Å². The summed E-state index contributed by atoms with van der Waals surface area (Å²) in [6.45, 7) is 4.87. The van der Waals surface area contributed by atoms with Gasteiger partial charge >= 0.3 is 0 Å². The minimum absolute atomic E-state index is 0.0954. The summed E-state index contributed by atoms with van der Waals surface area (Å²) in [7, 11) is -7.51. The summed E-state index contributed by atoms with van der Waals surface area (Å²) >= 11 is 0. The van der Waals surface area contributed by atoms with Crippen LogP contribution in [0.4, 0.5) is 5.69 Å². The molecule has 0 atom stereocenters. The SMILES string of the molecule is CCn1ncc(S(=O)(=O)Nc2ccc(S(=O)(=O)N3CCc4ccccc4C3)cc2)c1C. The molecule has 10 heteroatoms. The van der Waals surface area contributed by atoms with E-state index in [1.54, 1.807) is 11.6 Å². The average molecular weight is 461 g/mol. The summed E-state index contributed by atoms with van der Waals surface area (Å²) in [6.07, 6.45) is 1.98. The molecule has 1 aromatic heterocycles. The van der Waals surface area contributed by atoms with Crippen LogP contribution in [0.3, 0.4) is 0 Å². The molecular weight excluding hydrogens is 436 g/mol. The van der Waals surface area contributed by atoms with E-state index in [0.29, 0.717) is 31.7 Å². The van der Waals surface area contributed by atoms with Crippen molar-refractivity contribution in [1.29, 1.82) is 0 Å². The van der Waals surface area contributed by atoms with Crippen molar-refractivity contribution in [3.63, 3.8) is 0 Å². The van der Waals surface area contributed by atoms with Crippen molar-refractivity contribution in [3.8, 4) is 0 Å². The normalized spacial score (nSPS) is 14.9. The minimum atomic E-state index is -3.83. The van der Waals surface area contributed by atoms with Crippen molar-refractivity contribution in [2.75, 3.05) is 11.3 Å². The number of aryl methyl sites for hydroxylation is 1. The lowest BCUT2D eigenvalue weighted by Gasteiger charge is -2.28. The lowest BCUT2D eigenvalue weighted by molar-refractivity contribution is 0.391. The van der Waals surface area contributed by atoms with Crippen LogP contribution in [0, 0.1) is 6.92 Å². The molecule has 164 valence electrons. The molecule has 4 rings (SSSR count). The largest absolute Gasteiger partial charge is 0.280 e. The molecule has 0 radical (unpaired) electrons. The van der Waals surface area contributed by atoms with Gasteiger partial charge in [-0.25, -0.2) is 16.8 Å². The maximum absolute atomic E-state index is 13.1. The quantitative estimate of drug-likeness (QED) is 0.610. The summed E-state index contributed by atoms with van der Waals surface area (Å²) in [5.74, 6) is 0. The van der Waals surface area contributed by atoms with E-state index in [4.69, 9.17) is 0 Å². The molecule has 3 aromatic rings. The summed E-state index contributed by atoms with van der Waals surface area (Å²) in [4.78, 5) is 0.225. The van der Waals surface area contributed by atoms with Gasteiger partial charge in [-0.1, -0.05) is 24.3 Å². The Balaban J connectivity index is 1.53. The summed E-state index contributed by atoms with van der Waals surface area (Å²) in [5.41, 5.74) is 3.00. The van der Waals surface area contributed by atoms with Gasteiger partial charge in [-0.15, -0.1) is 0 Å². The van der Waals surface area contributed by atoms with Crippen molar-refractivity contribution >= 4 is 25.7 Å². The van der Waals surface area contributed by atoms with Gasteiger partial charge in [0.1, 0.15) is 4.90 Å². The lowest BCUT2D eigenvalue weighted by atomic mass is 10.0. The van der Waals surface area contributed by atoms with E-state index in [2.05, 4.69) is 9.82 Å². The Morgan fingerprint density at radius 3 is 2.32 bits per heavy atom. The molecule has 0 saturated carbocycles. The topological polar surface area (TPSA) is 101 Å². The van der Waals surface area contributed by atoms with Gasteiger partial charge in [-0.2, -0.15) is 9.40 Å². The van der Waals surface area contributed by atoms with Crippen LogP contribution in [0.25, 0.3) is 0 Å². The van der Waals surface area contributed by atoms with Crippen LogP contribution in [-0.2, 0) is 39.6 Å². The van der Waals surface area contributed by atoms with Crippen LogP contribution in [0.15, 0.2) is 64.5 Å². The van der Waals surface area contributed by atoms with Gasteiger partial charge < -0.3 is 0 Å². The molecule has 1 aliphatic rings. The number of nitrogens with zero attached hydrogens (tertiary/aromatic N) is 3. The summed E-state index contributed by atoms with van der Waals surface area (Å²) in [5, 5.41) is 4.07. The molecular formula is C21H24N4O4S2. The van der Waals surface area contributed by atoms with E-state index in [9.17, 15) is 16.8 Å². The molecule has 0 saturated heterocycles. The van der Waals surface area contributed by atoms with E-state index in [1.807, 2.05) is 31.2 Å². The lowest BCUT2D eigenvalue weighted by Crippen LogP contribution is -2.35. The molecule has 0 fully saturated rings. The van der Waals surface area contributed by atoms with E-state index >= 15 is 0 Å². The molecule has 0 unspecified atom stereocenters. The Morgan fingerprint density at radius 2 is 1.68 bits per heavy atom. The molecule has 2 heterocycles. The third-order valence-electron chi connectivity index (χ3n) is 5.49. The standard InChI is InChI=1S/C21H24N4O4S2/c1-3-25-16(2)21(14-22-25)30(26,27)23-19-8-10-20(11-9-19)31(28,29)24-13-12-17-6-4-5-7-18(17)15-24/h4-11,14,23H,3,12-13,15H2,1-2H3. The molecule has 8 nitrogen and oxygen atoms in total. The number of nitrogens with one attached hydrogen (secondary N) is 1. The molecule has 2 aromatic carbocycles. The first-order chi connectivity index (χ1) is 14.7. The van der Waals surface area contributed by atoms with Crippen LogP contribution in [0.1, 0.15) is 23.7 Å². The first-order valence-electron chi connectivity index (χ1n) is 9.94. The van der Waals surface area contributed by atoms with Crippen molar-refractivity contribution in [2.24, 2.45) is 0 Å². The molecule has 1 aliphatic heterocycles. The predicted octanol–water partition coefficient (Wildman–Crippen LogP) is 2.76. The van der Waals surface area contributed by atoms with Crippen molar-refractivity contribution in [2.45, 2.75) is 43.1 Å².